The van der Waals surface area contributed by atoms with Gasteiger partial charge < -0.3 is 5.32 Å². The molecular weight excluding hydrogens is 398 g/mol. The predicted molar refractivity (Wildman–Crippen MR) is 110 cm³/mol. The van der Waals surface area contributed by atoms with Crippen LogP contribution in [0.15, 0.2) is 41.4 Å². The number of sulfone groups is 1. The predicted octanol–water partition coefficient (Wildman–Crippen LogP) is 3.48. The molecule has 8 heteroatoms. The molecule has 1 amide bonds. The number of anilines is 1. The fraction of sp³-hybridized carbons (Fsp3) is 0.400. The van der Waals surface area contributed by atoms with E-state index < -0.39 is 9.84 Å². The summed E-state index contributed by atoms with van der Waals surface area (Å²) >= 11 is 5.98. The van der Waals surface area contributed by atoms with Crippen molar-refractivity contribution in [3.05, 3.63) is 52.8 Å². The fourth-order valence-corrected chi connectivity index (χ4v) is 4.78. The number of pyridine rings is 1. The zero-order chi connectivity index (χ0) is 20.3. The van der Waals surface area contributed by atoms with Gasteiger partial charge in [-0.15, -0.1) is 0 Å². The van der Waals surface area contributed by atoms with Crippen molar-refractivity contribution in [1.29, 1.82) is 0 Å². The number of amides is 1. The van der Waals surface area contributed by atoms with Crippen molar-refractivity contribution in [2.75, 3.05) is 24.7 Å². The topological polar surface area (TPSA) is 79.4 Å². The van der Waals surface area contributed by atoms with Crippen molar-refractivity contribution in [3.63, 3.8) is 0 Å². The first-order valence-corrected chi connectivity index (χ1v) is 11.4. The van der Waals surface area contributed by atoms with E-state index in [-0.39, 0.29) is 16.7 Å². The highest BCUT2D eigenvalue weighted by atomic mass is 35.5. The molecule has 1 unspecified atom stereocenters. The number of rotatable bonds is 5. The normalized spacial score (nSPS) is 18.0. The van der Waals surface area contributed by atoms with Crippen molar-refractivity contribution >= 4 is 33.0 Å². The van der Waals surface area contributed by atoms with Crippen LogP contribution >= 0.6 is 11.6 Å². The molecule has 0 aliphatic carbocycles. The molecule has 0 bridgehead atoms. The molecule has 1 saturated heterocycles. The zero-order valence-electron chi connectivity index (χ0n) is 16.0. The van der Waals surface area contributed by atoms with E-state index in [1.165, 1.54) is 25.4 Å². The Morgan fingerprint density at radius 1 is 1.32 bits per heavy atom. The zero-order valence-corrected chi connectivity index (χ0v) is 17.6. The summed E-state index contributed by atoms with van der Waals surface area (Å²) in [6.45, 7) is 3.94. The lowest BCUT2D eigenvalue weighted by molar-refractivity contribution is -0.114. The Morgan fingerprint density at radius 3 is 2.68 bits per heavy atom. The largest absolute Gasteiger partial charge is 0.326 e. The number of hydrogen-bond donors (Lipinski definition) is 1. The fourth-order valence-electron chi connectivity index (χ4n) is 3.61. The molecule has 0 radical (unpaired) electrons. The van der Waals surface area contributed by atoms with Gasteiger partial charge in [-0.2, -0.15) is 0 Å². The summed E-state index contributed by atoms with van der Waals surface area (Å²) in [5.74, 6) is -0.0434. The summed E-state index contributed by atoms with van der Waals surface area (Å²) in [7, 11) is -3.40. The third kappa shape index (κ3) is 5.31. The molecule has 2 heterocycles. The van der Waals surface area contributed by atoms with Gasteiger partial charge in [0.25, 0.3) is 0 Å². The second-order valence-corrected chi connectivity index (χ2v) is 9.68. The van der Waals surface area contributed by atoms with E-state index >= 15 is 0 Å². The van der Waals surface area contributed by atoms with Crippen molar-refractivity contribution in [2.45, 2.75) is 37.1 Å². The van der Waals surface area contributed by atoms with E-state index in [1.54, 1.807) is 0 Å². The first kappa shape index (κ1) is 20.8. The van der Waals surface area contributed by atoms with Gasteiger partial charge in [-0.05, 0) is 43.1 Å². The molecule has 6 nitrogen and oxygen atoms in total. The molecule has 1 atom stereocenters. The maximum Gasteiger partial charge on any atom is 0.221 e. The van der Waals surface area contributed by atoms with Crippen molar-refractivity contribution in [1.82, 2.24) is 9.88 Å². The van der Waals surface area contributed by atoms with Crippen LogP contribution in [0.25, 0.3) is 0 Å². The molecule has 2 aromatic rings. The standard InChI is InChI=1S/C20H24ClN3O3S/c1-14(25)23-18-7-5-15(6-8-18)12-24-9-3-4-16(13-24)20-19(28(2,26)27)10-17(21)11-22-20/h5-8,10-11,16H,3-4,9,12-13H2,1-2H3,(H,23,25). The van der Waals surface area contributed by atoms with Gasteiger partial charge in [-0.1, -0.05) is 23.7 Å². The van der Waals surface area contributed by atoms with Gasteiger partial charge in [-0.25, -0.2) is 8.42 Å². The number of nitrogens with zero attached hydrogens (tertiary/aromatic N) is 2. The highest BCUT2D eigenvalue weighted by Crippen LogP contribution is 2.32. The van der Waals surface area contributed by atoms with Crippen LogP contribution in [-0.2, 0) is 21.2 Å². The minimum absolute atomic E-state index is 0.0504. The smallest absolute Gasteiger partial charge is 0.221 e. The summed E-state index contributed by atoms with van der Waals surface area (Å²) in [4.78, 5) is 18.0. The Balaban J connectivity index is 1.74. The molecule has 1 fully saturated rings. The summed E-state index contributed by atoms with van der Waals surface area (Å²) in [5, 5.41) is 3.09. The number of piperidine rings is 1. The first-order valence-electron chi connectivity index (χ1n) is 9.17. The summed E-state index contributed by atoms with van der Waals surface area (Å²) in [5.41, 5.74) is 2.52. The van der Waals surface area contributed by atoms with Gasteiger partial charge in [0.1, 0.15) is 0 Å². The second-order valence-electron chi connectivity index (χ2n) is 7.26. The van der Waals surface area contributed by atoms with Crippen molar-refractivity contribution in [3.8, 4) is 0 Å². The lowest BCUT2D eigenvalue weighted by Gasteiger charge is -2.33. The van der Waals surface area contributed by atoms with Gasteiger partial charge in [0.05, 0.1) is 15.6 Å². The molecule has 1 aromatic heterocycles. The average molecular weight is 422 g/mol. The highest BCUT2D eigenvalue weighted by molar-refractivity contribution is 7.90. The molecule has 150 valence electrons. The van der Waals surface area contributed by atoms with Gasteiger partial charge in [0.2, 0.25) is 5.91 Å². The summed E-state index contributed by atoms with van der Waals surface area (Å²) < 4.78 is 24.4. The van der Waals surface area contributed by atoms with Crippen molar-refractivity contribution in [2.24, 2.45) is 0 Å². The Morgan fingerprint density at radius 2 is 2.04 bits per heavy atom. The molecule has 1 aliphatic rings. The molecule has 0 spiro atoms. The number of aromatic nitrogens is 1. The molecule has 28 heavy (non-hydrogen) atoms. The Bertz CT molecular complexity index is 961. The van der Waals surface area contributed by atoms with Crippen LogP contribution < -0.4 is 5.32 Å². The Labute approximate surface area is 170 Å². The number of benzene rings is 1. The second kappa shape index (κ2) is 8.59. The lowest BCUT2D eigenvalue weighted by atomic mass is 9.94. The number of carbonyl (C=O) groups excluding carboxylic acids is 1. The number of hydrogen-bond acceptors (Lipinski definition) is 5. The van der Waals surface area contributed by atoms with Crippen LogP contribution in [0, 0.1) is 0 Å². The minimum atomic E-state index is -3.40. The van der Waals surface area contributed by atoms with E-state index in [2.05, 4.69) is 15.2 Å². The van der Waals surface area contributed by atoms with Crippen molar-refractivity contribution < 1.29 is 13.2 Å². The van der Waals surface area contributed by atoms with Gasteiger partial charge in [0.15, 0.2) is 9.84 Å². The molecule has 3 rings (SSSR count). The van der Waals surface area contributed by atoms with Crippen LogP contribution in [0.3, 0.4) is 0 Å². The number of halogens is 1. The SMILES string of the molecule is CC(=O)Nc1ccc(CN2CCCC(c3ncc(Cl)cc3S(C)(=O)=O)C2)cc1. The van der Waals surface area contributed by atoms with Gasteiger partial charge in [-0.3, -0.25) is 14.7 Å². The van der Waals surface area contributed by atoms with E-state index in [0.717, 1.165) is 43.7 Å². The van der Waals surface area contributed by atoms with Crippen LogP contribution in [0.2, 0.25) is 5.02 Å². The van der Waals surface area contributed by atoms with Gasteiger partial charge in [0, 0.05) is 44.1 Å². The maximum absolute atomic E-state index is 12.2. The monoisotopic (exact) mass is 421 g/mol. The maximum atomic E-state index is 12.2. The summed E-state index contributed by atoms with van der Waals surface area (Å²) in [6, 6.07) is 9.27. The molecule has 1 N–H and O–H groups in total. The van der Waals surface area contributed by atoms with Crippen LogP contribution in [0.4, 0.5) is 5.69 Å². The molecule has 1 aromatic carbocycles. The Kier molecular flexibility index (Phi) is 6.37. The van der Waals surface area contributed by atoms with Crippen LogP contribution in [0.1, 0.15) is 36.9 Å². The van der Waals surface area contributed by atoms with E-state index in [4.69, 9.17) is 11.6 Å². The lowest BCUT2D eigenvalue weighted by Crippen LogP contribution is -2.34. The third-order valence-electron chi connectivity index (χ3n) is 4.82. The quantitative estimate of drug-likeness (QED) is 0.799. The van der Waals surface area contributed by atoms with E-state index in [1.807, 2.05) is 24.3 Å². The number of carbonyl (C=O) groups is 1. The highest BCUT2D eigenvalue weighted by Gasteiger charge is 2.27. The molecular formula is C20H24ClN3O3S. The van der Waals surface area contributed by atoms with Gasteiger partial charge >= 0.3 is 0 Å². The van der Waals surface area contributed by atoms with E-state index in [0.29, 0.717) is 10.7 Å². The number of nitrogens with one attached hydrogen (secondary N) is 1. The van der Waals surface area contributed by atoms with Crippen LogP contribution in [0.5, 0.6) is 0 Å². The molecule has 1 aliphatic heterocycles. The molecule has 0 saturated carbocycles. The van der Waals surface area contributed by atoms with E-state index in [9.17, 15) is 13.2 Å². The average Bonchev–Trinajstić information content (AvgIpc) is 2.62. The summed E-state index contributed by atoms with van der Waals surface area (Å²) in [6.07, 6.45) is 4.59. The van der Waals surface area contributed by atoms with Crippen LogP contribution in [-0.4, -0.2) is 43.6 Å². The Hall–Kier alpha value is -1.96. The minimum Gasteiger partial charge on any atom is -0.326 e. The number of likely N-dealkylation sites (tertiary alicyclic amines) is 1. The first-order chi connectivity index (χ1) is 13.2. The third-order valence-corrected chi connectivity index (χ3v) is 6.15.